The van der Waals surface area contributed by atoms with Crippen LogP contribution >= 0.6 is 23.2 Å². The maximum Gasteiger partial charge on any atom is 0.287 e. The largest absolute Gasteiger partial charge is 0.338 e. The molecule has 0 atom stereocenters. The Balaban J connectivity index is 0.000000215. The van der Waals surface area contributed by atoms with Crippen molar-refractivity contribution < 1.29 is 27.7 Å². The molecule has 298 valence electrons. The molecule has 4 aromatic rings. The van der Waals surface area contributed by atoms with Crippen molar-refractivity contribution in [3.8, 4) is 0 Å². The molecule has 9 nitrogen and oxygen atoms in total. The first kappa shape index (κ1) is 42.6. The van der Waals surface area contributed by atoms with Crippen molar-refractivity contribution in [3.05, 3.63) is 133 Å². The minimum Gasteiger partial charge on any atom is -0.338 e. The molecule has 0 bridgehead atoms. The highest BCUT2D eigenvalue weighted by Gasteiger charge is 2.37. The summed E-state index contributed by atoms with van der Waals surface area (Å²) in [7, 11) is 0. The van der Waals surface area contributed by atoms with Crippen molar-refractivity contribution in [2.75, 3.05) is 26.2 Å². The number of piperidine rings is 2. The molecule has 2 aromatic heterocycles. The van der Waals surface area contributed by atoms with Crippen molar-refractivity contribution in [2.45, 2.75) is 89.4 Å². The van der Waals surface area contributed by atoms with Gasteiger partial charge in [0.15, 0.2) is 0 Å². The predicted molar refractivity (Wildman–Crippen MR) is 211 cm³/mol. The molecule has 0 N–H and O–H groups in total. The van der Waals surface area contributed by atoms with Crippen LogP contribution in [0.3, 0.4) is 0 Å². The van der Waals surface area contributed by atoms with Gasteiger partial charge in [0, 0.05) is 67.2 Å². The maximum absolute atomic E-state index is 15.1. The second-order valence-corrected chi connectivity index (χ2v) is 15.6. The van der Waals surface area contributed by atoms with Gasteiger partial charge in [-0.15, -0.1) is 0 Å². The zero-order valence-corrected chi connectivity index (χ0v) is 33.1. The van der Waals surface area contributed by atoms with E-state index in [0.717, 1.165) is 41.8 Å². The molecule has 2 aromatic carbocycles. The number of halogens is 5. The molecular weight excluding hydrogens is 765 g/mol. The lowest BCUT2D eigenvalue weighted by molar-refractivity contribution is -0.384. The Labute approximate surface area is 335 Å². The highest BCUT2D eigenvalue weighted by molar-refractivity contribution is 6.33. The number of carbonyl (C=O) groups is 2. The average Bonchev–Trinajstić information content (AvgIpc) is 3.17. The van der Waals surface area contributed by atoms with Gasteiger partial charge in [-0.05, 0) is 132 Å². The second kappa shape index (κ2) is 19.1. The Morgan fingerprint density at radius 2 is 1.14 bits per heavy atom. The van der Waals surface area contributed by atoms with Crippen molar-refractivity contribution >= 4 is 40.7 Å². The Kier molecular flexibility index (Phi) is 14.5. The lowest BCUT2D eigenvalue weighted by Crippen LogP contribution is -2.44. The van der Waals surface area contributed by atoms with Crippen LogP contribution in [0.1, 0.15) is 94.6 Å². The minimum atomic E-state index is -1.28. The van der Waals surface area contributed by atoms with Crippen LogP contribution in [-0.2, 0) is 12.8 Å². The number of hydrogen-bond acceptors (Lipinski definition) is 6. The van der Waals surface area contributed by atoms with Crippen molar-refractivity contribution in [1.29, 1.82) is 0 Å². The van der Waals surface area contributed by atoms with Gasteiger partial charge in [0.25, 0.3) is 17.5 Å². The van der Waals surface area contributed by atoms with Gasteiger partial charge in [-0.25, -0.2) is 13.2 Å². The summed E-state index contributed by atoms with van der Waals surface area (Å²) >= 11 is 11.6. The molecule has 4 heterocycles. The van der Waals surface area contributed by atoms with Crippen molar-refractivity contribution in [3.63, 3.8) is 0 Å². The zero-order valence-electron chi connectivity index (χ0n) is 31.6. The number of rotatable bonds is 11. The van der Waals surface area contributed by atoms with Crippen molar-refractivity contribution in [2.24, 2.45) is 0 Å². The van der Waals surface area contributed by atoms with Gasteiger partial charge < -0.3 is 9.80 Å². The van der Waals surface area contributed by atoms with Gasteiger partial charge in [-0.1, -0.05) is 35.3 Å². The average molecular weight is 812 g/mol. The van der Waals surface area contributed by atoms with Gasteiger partial charge in [0.1, 0.15) is 22.2 Å². The van der Waals surface area contributed by atoms with E-state index in [1.165, 1.54) is 36.4 Å². The van der Waals surface area contributed by atoms with Crippen molar-refractivity contribution in [1.82, 2.24) is 19.8 Å². The van der Waals surface area contributed by atoms with E-state index in [1.807, 2.05) is 50.5 Å². The van der Waals surface area contributed by atoms with Gasteiger partial charge >= 0.3 is 0 Å². The molecule has 2 amide bonds. The van der Waals surface area contributed by atoms with Crippen LogP contribution in [0.2, 0.25) is 10.0 Å². The first-order valence-electron chi connectivity index (χ1n) is 18.8. The van der Waals surface area contributed by atoms with E-state index in [1.54, 1.807) is 9.80 Å². The number of nitro benzene ring substituents is 1. The van der Waals surface area contributed by atoms with E-state index in [9.17, 15) is 24.1 Å². The van der Waals surface area contributed by atoms with E-state index >= 15 is 8.78 Å². The second-order valence-electron chi connectivity index (χ2n) is 14.8. The highest BCUT2D eigenvalue weighted by Crippen LogP contribution is 2.34. The number of aryl methyl sites for hydroxylation is 4. The fraction of sp³-hybridized carbons (Fsp3) is 0.429. The lowest BCUT2D eigenvalue weighted by atomic mass is 9.87. The van der Waals surface area contributed by atoms with Crippen LogP contribution in [0.25, 0.3) is 0 Å². The van der Waals surface area contributed by atoms with E-state index in [4.69, 9.17) is 23.2 Å². The number of amides is 2. The summed E-state index contributed by atoms with van der Waals surface area (Å²) in [6.07, 6.45) is 8.65. The monoisotopic (exact) mass is 810 g/mol. The summed E-state index contributed by atoms with van der Waals surface area (Å²) in [5.74, 6) is -1.08. The molecule has 0 radical (unpaired) electrons. The third-order valence-electron chi connectivity index (χ3n) is 10.5. The molecule has 0 spiro atoms. The third-order valence-corrected chi connectivity index (χ3v) is 11.1. The Morgan fingerprint density at radius 1 is 0.714 bits per heavy atom. The van der Waals surface area contributed by atoms with Crippen LogP contribution < -0.4 is 0 Å². The highest BCUT2D eigenvalue weighted by atomic mass is 35.5. The van der Waals surface area contributed by atoms with Gasteiger partial charge in [-0.2, -0.15) is 0 Å². The first-order chi connectivity index (χ1) is 26.6. The van der Waals surface area contributed by atoms with Crippen LogP contribution in [0.5, 0.6) is 0 Å². The van der Waals surface area contributed by atoms with Crippen LogP contribution in [-0.4, -0.2) is 74.0 Å². The molecule has 14 heteroatoms. The molecule has 6 rings (SSSR count). The number of hydrogen-bond donors (Lipinski definition) is 0. The van der Waals surface area contributed by atoms with Crippen LogP contribution in [0.15, 0.2) is 73.1 Å². The number of likely N-dealkylation sites (tertiary alicyclic amines) is 2. The molecule has 2 aliphatic heterocycles. The predicted octanol–water partition coefficient (Wildman–Crippen LogP) is 10.1. The minimum absolute atomic E-state index is 0.0811. The van der Waals surface area contributed by atoms with Crippen LogP contribution in [0.4, 0.5) is 18.9 Å². The van der Waals surface area contributed by atoms with E-state index < -0.39 is 22.1 Å². The lowest BCUT2D eigenvalue weighted by Gasteiger charge is -2.36. The zero-order chi connectivity index (χ0) is 40.5. The number of aromatic nitrogens is 2. The number of nitrogens with zero attached hydrogens (tertiary/aromatic N) is 5. The summed E-state index contributed by atoms with van der Waals surface area (Å²) in [6.45, 7) is 5.30. The maximum atomic E-state index is 15.1. The van der Waals surface area contributed by atoms with Gasteiger partial charge in [-0.3, -0.25) is 29.7 Å². The summed E-state index contributed by atoms with van der Waals surface area (Å²) in [6, 6.07) is 15.8. The molecular formula is C42H46Cl2F3N5O4. The number of nitro groups is 1. The molecule has 0 aliphatic carbocycles. The number of pyridine rings is 2. The topological polar surface area (TPSA) is 110 Å². The number of alkyl halides is 2. The van der Waals surface area contributed by atoms with Gasteiger partial charge in [0.05, 0.1) is 9.95 Å². The SMILES string of the molecule is Cc1ccc(CCCC2(F)CCN(C(=O)c3ccc([18F])c(Cl)c3)CC2)nc1.Cc1ccc(CCCC2(F)CCN(C(=O)c3ccc([N+](=O)[O-])c(Cl)c3)CC2)nc1. The quantitative estimate of drug-likeness (QED) is 0.110. The molecule has 2 fully saturated rings. The molecule has 0 saturated carbocycles. The smallest absolute Gasteiger partial charge is 0.287 e. The summed E-state index contributed by atoms with van der Waals surface area (Å²) < 4.78 is 43.5. The normalized spacial score (nSPS) is 16.1. The fourth-order valence-corrected chi connectivity index (χ4v) is 7.40. The standard InChI is InChI=1S/C21H23ClF2N2O.C21H23ClFN3O3/c1-15-4-6-17(25-14-15)3-2-8-21(24)9-11-26(12-10-21)20(27)16-5-7-19(23)18(22)13-16;1-15-4-6-17(24-14-15)3-2-8-21(23)9-11-25(12-10-21)20(27)16-5-7-19(26(28)29)18(22)13-16/h4-7,13-14H,2-3,8-12H2,1H3;4-7,13-14H,2-3,8-12H2,1H3/i23-1;. The van der Waals surface area contributed by atoms with Gasteiger partial charge in [0.2, 0.25) is 0 Å². The number of benzene rings is 2. The Hall–Kier alpha value is -4.55. The Morgan fingerprint density at radius 3 is 1.52 bits per heavy atom. The molecule has 2 saturated heterocycles. The van der Waals surface area contributed by atoms with E-state index in [-0.39, 0.29) is 46.0 Å². The molecule has 0 unspecified atom stereocenters. The van der Waals surface area contributed by atoms with E-state index in [2.05, 4.69) is 9.97 Å². The molecule has 2 aliphatic rings. The molecule has 56 heavy (non-hydrogen) atoms. The Bertz CT molecular complexity index is 1990. The summed E-state index contributed by atoms with van der Waals surface area (Å²) in [5.41, 5.74) is 1.98. The fourth-order valence-electron chi connectivity index (χ4n) is 6.97. The summed E-state index contributed by atoms with van der Waals surface area (Å²) in [5, 5.41) is 10.7. The summed E-state index contributed by atoms with van der Waals surface area (Å²) in [4.78, 5) is 47.3. The van der Waals surface area contributed by atoms with Crippen LogP contribution in [0, 0.1) is 29.8 Å². The first-order valence-corrected chi connectivity index (χ1v) is 19.6. The number of carbonyl (C=O) groups excluding carboxylic acids is 2. The third kappa shape index (κ3) is 11.7. The van der Waals surface area contributed by atoms with E-state index in [0.29, 0.717) is 63.8 Å².